The maximum Gasteiger partial charge on any atom is 0.217 e. The van der Waals surface area contributed by atoms with Crippen molar-refractivity contribution in [3.8, 4) is 0 Å². The minimum atomic E-state index is -0.705. The predicted molar refractivity (Wildman–Crippen MR) is 109 cm³/mol. The highest BCUT2D eigenvalue weighted by Crippen LogP contribution is 2.11. The van der Waals surface area contributed by atoms with Gasteiger partial charge in [0.15, 0.2) is 5.96 Å². The molecule has 0 aliphatic carbocycles. The number of guanidine groups is 3. The lowest BCUT2D eigenvalue weighted by Crippen LogP contribution is -2.69. The van der Waals surface area contributed by atoms with Crippen LogP contribution in [0.4, 0.5) is 0 Å². The molecule has 9 nitrogen and oxygen atoms in total. The Bertz CT molecular complexity index is 606. The molecule has 0 unspecified atom stereocenters. The van der Waals surface area contributed by atoms with Crippen molar-refractivity contribution in [2.75, 3.05) is 21.1 Å². The number of aliphatic imine (C=N–C) groups is 3. The summed E-state index contributed by atoms with van der Waals surface area (Å²) in [5.74, 6) is 1.69. The number of likely N-dealkylation sites (N-methyl/N-ethyl adjacent to an activating group) is 1. The standard InChI is InChI=1S/C17H33N9/c1-9-11-13(10-2)25(8)14(18)23-17(4,5)24-26-15(19-6)21-12(3)22-16(26)20-7/h9-12,24H,1-8H3,(H2,18,23)(H,19,21)(H,20,22). The Hall–Kier alpha value is -2.55. The lowest BCUT2D eigenvalue weighted by Gasteiger charge is -2.40. The third kappa shape index (κ3) is 5.48. The Labute approximate surface area is 156 Å². The van der Waals surface area contributed by atoms with Crippen LogP contribution in [0.5, 0.6) is 0 Å². The fourth-order valence-electron chi connectivity index (χ4n) is 2.45. The van der Waals surface area contributed by atoms with Gasteiger partial charge in [-0.25, -0.2) is 10.0 Å². The molecular formula is C17H33N9. The lowest BCUT2D eigenvalue weighted by molar-refractivity contribution is 0.255. The van der Waals surface area contributed by atoms with Crippen molar-refractivity contribution < 1.29 is 0 Å². The van der Waals surface area contributed by atoms with E-state index in [1.165, 1.54) is 0 Å². The maximum atomic E-state index is 6.22. The number of hydrogen-bond donors (Lipinski definition) is 4. The van der Waals surface area contributed by atoms with Crippen LogP contribution in [0.3, 0.4) is 0 Å². The van der Waals surface area contributed by atoms with Crippen LogP contribution in [0, 0.1) is 0 Å². The summed E-state index contributed by atoms with van der Waals surface area (Å²) in [4.78, 5) is 15.0. The summed E-state index contributed by atoms with van der Waals surface area (Å²) in [6.45, 7) is 9.77. The second-order valence-electron chi connectivity index (χ2n) is 6.35. The molecule has 1 aliphatic heterocycles. The van der Waals surface area contributed by atoms with E-state index in [1.54, 1.807) is 19.1 Å². The fraction of sp³-hybridized carbons (Fsp3) is 0.588. The Balaban J connectivity index is 3.06. The minimum absolute atomic E-state index is 0.0198. The Morgan fingerprint density at radius 3 is 2.19 bits per heavy atom. The summed E-state index contributed by atoms with van der Waals surface area (Å²) >= 11 is 0. The van der Waals surface area contributed by atoms with E-state index in [0.717, 1.165) is 5.70 Å². The van der Waals surface area contributed by atoms with Gasteiger partial charge in [0.1, 0.15) is 5.66 Å². The number of nitrogens with zero attached hydrogens (tertiary/aromatic N) is 5. The van der Waals surface area contributed by atoms with Gasteiger partial charge >= 0.3 is 0 Å². The van der Waals surface area contributed by atoms with Gasteiger partial charge in [-0.15, -0.1) is 0 Å². The summed E-state index contributed by atoms with van der Waals surface area (Å²) in [6.07, 6.45) is 5.94. The van der Waals surface area contributed by atoms with Crippen molar-refractivity contribution >= 4 is 17.9 Å². The highest BCUT2D eigenvalue weighted by Gasteiger charge is 2.30. The van der Waals surface area contributed by atoms with Crippen LogP contribution < -0.4 is 21.8 Å². The first-order valence-corrected chi connectivity index (χ1v) is 8.61. The normalized spacial score (nSPS) is 22.8. The second-order valence-corrected chi connectivity index (χ2v) is 6.35. The maximum absolute atomic E-state index is 6.22. The molecule has 146 valence electrons. The largest absolute Gasteiger partial charge is 0.369 e. The lowest BCUT2D eigenvalue weighted by atomic mass is 10.3. The van der Waals surface area contributed by atoms with Crippen LogP contribution >= 0.6 is 0 Å². The van der Waals surface area contributed by atoms with Gasteiger partial charge in [0.05, 0.1) is 6.17 Å². The van der Waals surface area contributed by atoms with E-state index in [2.05, 4.69) is 31.0 Å². The number of hydrazine groups is 1. The van der Waals surface area contributed by atoms with Crippen molar-refractivity contribution in [2.24, 2.45) is 20.7 Å². The first-order chi connectivity index (χ1) is 12.2. The van der Waals surface area contributed by atoms with Crippen LogP contribution in [-0.4, -0.2) is 60.8 Å². The molecule has 0 amide bonds. The number of nitrogens with two attached hydrogens (primary N) is 1. The molecular weight excluding hydrogens is 330 g/mol. The third-order valence-electron chi connectivity index (χ3n) is 3.68. The molecule has 1 heterocycles. The highest BCUT2D eigenvalue weighted by atomic mass is 15.7. The van der Waals surface area contributed by atoms with Gasteiger partial charge in [-0.05, 0) is 40.7 Å². The molecule has 0 atom stereocenters. The molecule has 0 aromatic heterocycles. The van der Waals surface area contributed by atoms with Crippen molar-refractivity contribution in [3.05, 3.63) is 23.9 Å². The zero-order valence-electron chi connectivity index (χ0n) is 17.1. The number of hydrogen-bond acceptors (Lipinski definition) is 4. The van der Waals surface area contributed by atoms with Crippen molar-refractivity contribution in [1.82, 2.24) is 26.0 Å². The third-order valence-corrected chi connectivity index (χ3v) is 3.68. The Morgan fingerprint density at radius 1 is 1.23 bits per heavy atom. The molecule has 9 heteroatoms. The summed E-state index contributed by atoms with van der Waals surface area (Å²) < 4.78 is 0. The van der Waals surface area contributed by atoms with Gasteiger partial charge in [0.2, 0.25) is 11.9 Å². The minimum Gasteiger partial charge on any atom is -0.369 e. The van der Waals surface area contributed by atoms with Gasteiger partial charge < -0.3 is 21.3 Å². The van der Waals surface area contributed by atoms with Crippen molar-refractivity contribution in [2.45, 2.75) is 46.4 Å². The molecule has 0 spiro atoms. The van der Waals surface area contributed by atoms with Crippen LogP contribution in [0.2, 0.25) is 0 Å². The van der Waals surface area contributed by atoms with Crippen LogP contribution in [0.1, 0.15) is 34.6 Å². The van der Waals surface area contributed by atoms with E-state index in [4.69, 9.17) is 5.73 Å². The van der Waals surface area contributed by atoms with E-state index < -0.39 is 5.66 Å². The Morgan fingerprint density at radius 2 is 1.77 bits per heavy atom. The second kappa shape index (κ2) is 9.23. The average molecular weight is 364 g/mol. The first-order valence-electron chi connectivity index (χ1n) is 8.61. The molecule has 1 saturated heterocycles. The van der Waals surface area contributed by atoms with Gasteiger partial charge in [0, 0.05) is 26.8 Å². The monoisotopic (exact) mass is 363 g/mol. The molecule has 0 aromatic rings. The van der Waals surface area contributed by atoms with E-state index in [9.17, 15) is 0 Å². The zero-order chi connectivity index (χ0) is 19.9. The predicted octanol–water partition coefficient (Wildman–Crippen LogP) is 0.766. The van der Waals surface area contributed by atoms with Gasteiger partial charge in [-0.2, -0.15) is 5.43 Å². The van der Waals surface area contributed by atoms with Gasteiger partial charge in [-0.1, -0.05) is 12.2 Å². The van der Waals surface area contributed by atoms with E-state index in [0.29, 0.717) is 17.9 Å². The van der Waals surface area contributed by atoms with Crippen molar-refractivity contribution in [1.29, 1.82) is 0 Å². The van der Waals surface area contributed by atoms with E-state index in [-0.39, 0.29) is 6.17 Å². The first kappa shape index (κ1) is 21.5. The Kier molecular flexibility index (Phi) is 7.63. The number of allylic oxidation sites excluding steroid dienone is 3. The molecule has 0 aromatic carbocycles. The molecule has 5 N–H and O–H groups in total. The molecule has 1 fully saturated rings. The molecule has 1 rings (SSSR count). The SMILES string of the molecule is CC=CC(=CC)N(C)C(N)=NC(C)(C)NN1C(=NC)NC(C)NC1=NC. The molecule has 0 radical (unpaired) electrons. The smallest absolute Gasteiger partial charge is 0.217 e. The zero-order valence-corrected chi connectivity index (χ0v) is 17.1. The average Bonchev–Trinajstić information content (AvgIpc) is 2.59. The molecule has 0 saturated carbocycles. The summed E-state index contributed by atoms with van der Waals surface area (Å²) in [5, 5.41) is 8.21. The van der Waals surface area contributed by atoms with E-state index >= 15 is 0 Å². The summed E-state index contributed by atoms with van der Waals surface area (Å²) in [7, 11) is 5.32. The molecule has 26 heavy (non-hydrogen) atoms. The number of nitrogens with one attached hydrogen (secondary N) is 3. The van der Waals surface area contributed by atoms with Gasteiger partial charge in [0.25, 0.3) is 0 Å². The highest BCUT2D eigenvalue weighted by molar-refractivity contribution is 6.00. The van der Waals surface area contributed by atoms with Crippen LogP contribution in [0.15, 0.2) is 38.9 Å². The summed E-state index contributed by atoms with van der Waals surface area (Å²) in [5.41, 5.74) is 9.79. The quantitative estimate of drug-likeness (QED) is 0.327. The van der Waals surface area contributed by atoms with E-state index in [1.807, 2.05) is 64.8 Å². The topological polar surface area (TPSA) is 106 Å². The fourth-order valence-corrected chi connectivity index (χ4v) is 2.45. The summed E-state index contributed by atoms with van der Waals surface area (Å²) in [6, 6.07) is 0. The van der Waals surface area contributed by atoms with Gasteiger partial charge in [-0.3, -0.25) is 9.98 Å². The van der Waals surface area contributed by atoms with Crippen LogP contribution in [0.25, 0.3) is 0 Å². The van der Waals surface area contributed by atoms with Crippen LogP contribution in [-0.2, 0) is 0 Å². The number of rotatable bonds is 5. The molecule has 1 aliphatic rings. The molecule has 0 bridgehead atoms. The van der Waals surface area contributed by atoms with Crippen molar-refractivity contribution in [3.63, 3.8) is 0 Å².